The summed E-state index contributed by atoms with van der Waals surface area (Å²) in [6.45, 7) is 12.2. The van der Waals surface area contributed by atoms with Gasteiger partial charge in [0.15, 0.2) is 0 Å². The number of hydrogen-bond donors (Lipinski definition) is 0. The summed E-state index contributed by atoms with van der Waals surface area (Å²) < 4.78 is 3.88. The van der Waals surface area contributed by atoms with Crippen molar-refractivity contribution in [1.29, 1.82) is 0 Å². The van der Waals surface area contributed by atoms with Gasteiger partial charge >= 0.3 is 33.3 Å². The molecule has 0 radical (unpaired) electrons. The van der Waals surface area contributed by atoms with Crippen LogP contribution in [-0.4, -0.2) is 25.8 Å². The fraction of sp³-hybridized carbons (Fsp3) is 0.286. The van der Waals surface area contributed by atoms with Crippen molar-refractivity contribution in [1.82, 2.24) is 14.3 Å². The molecule has 0 N–H and O–H groups in total. The Bertz CT molecular complexity index is 917. The molecule has 3 heterocycles. The van der Waals surface area contributed by atoms with Crippen LogP contribution in [0.2, 0.25) is 0 Å². The van der Waals surface area contributed by atoms with E-state index in [1.165, 1.54) is 0 Å². The van der Waals surface area contributed by atoms with Gasteiger partial charge in [0.05, 0.1) is 22.8 Å². The molecule has 0 fully saturated rings. The Balaban J connectivity index is 0.000000941. The van der Waals surface area contributed by atoms with E-state index in [4.69, 9.17) is 35.4 Å². The Morgan fingerprint density at radius 2 is 1.03 bits per heavy atom. The molecule has 0 atom stereocenters. The van der Waals surface area contributed by atoms with Gasteiger partial charge in [-0.3, -0.25) is 0 Å². The molecule has 0 aromatic carbocycles. The van der Waals surface area contributed by atoms with E-state index in [2.05, 4.69) is 24.3 Å². The molecule has 156 valence electrons. The third-order valence-corrected chi connectivity index (χ3v) is 4.46. The van der Waals surface area contributed by atoms with Crippen LogP contribution in [-0.2, 0) is 13.1 Å². The molecule has 3 aromatic heterocycles. The Morgan fingerprint density at radius 1 is 0.724 bits per heavy atom. The molecule has 0 saturated heterocycles. The van der Waals surface area contributed by atoms with Gasteiger partial charge < -0.3 is 0 Å². The van der Waals surface area contributed by atoms with Crippen LogP contribution in [0.4, 0.5) is 0 Å². The molecule has 0 aliphatic heterocycles. The molecular formula is C21H25Cl2FeN5. The van der Waals surface area contributed by atoms with Crippen molar-refractivity contribution < 1.29 is 13.1 Å². The minimum atomic E-state index is 0.194. The van der Waals surface area contributed by atoms with Gasteiger partial charge in [0.25, 0.3) is 0 Å². The van der Waals surface area contributed by atoms with Crippen LogP contribution in [0.15, 0.2) is 52.7 Å². The van der Waals surface area contributed by atoms with Crippen LogP contribution in [0.5, 0.6) is 0 Å². The predicted octanol–water partition coefficient (Wildman–Crippen LogP) is 5.84. The van der Waals surface area contributed by atoms with Crippen LogP contribution >= 0.6 is 20.2 Å². The minimum absolute atomic E-state index is 0.194. The third kappa shape index (κ3) is 6.06. The molecule has 0 aliphatic rings. The number of rotatable bonds is 4. The van der Waals surface area contributed by atoms with Crippen molar-refractivity contribution in [3.05, 3.63) is 76.6 Å². The summed E-state index contributed by atoms with van der Waals surface area (Å²) in [5.41, 5.74) is 7.87. The number of pyridine rings is 1. The number of nitrogens with zero attached hydrogens (tertiary/aromatic N) is 5. The van der Waals surface area contributed by atoms with E-state index in [1.807, 2.05) is 69.1 Å². The molecule has 5 nitrogen and oxygen atoms in total. The summed E-state index contributed by atoms with van der Waals surface area (Å²) in [4.78, 5) is 4.76. The molecule has 3 rings (SSSR count). The van der Waals surface area contributed by atoms with Crippen LogP contribution in [0.3, 0.4) is 0 Å². The van der Waals surface area contributed by atoms with Crippen molar-refractivity contribution in [2.75, 3.05) is 0 Å². The summed E-state index contributed by atoms with van der Waals surface area (Å²) in [6, 6.07) is 14.2. The fourth-order valence-corrected chi connectivity index (χ4v) is 2.88. The first-order valence-electron chi connectivity index (χ1n) is 9.02. The quantitative estimate of drug-likeness (QED) is 0.346. The van der Waals surface area contributed by atoms with Crippen molar-refractivity contribution in [2.24, 2.45) is 10.2 Å². The number of aryl methyl sites for hydroxylation is 4. The summed E-state index contributed by atoms with van der Waals surface area (Å²) in [5, 5.41) is 9.44. The van der Waals surface area contributed by atoms with Crippen LogP contribution in [0.1, 0.15) is 48.0 Å². The summed E-state index contributed by atoms with van der Waals surface area (Å²) in [7, 11) is 9.53. The zero-order valence-electron chi connectivity index (χ0n) is 17.4. The molecule has 0 amide bonds. The predicted molar refractivity (Wildman–Crippen MR) is 119 cm³/mol. The second-order valence-corrected chi connectivity index (χ2v) is 8.51. The van der Waals surface area contributed by atoms with E-state index in [0.717, 1.165) is 45.6 Å². The molecular weight excluding hydrogens is 449 g/mol. The van der Waals surface area contributed by atoms with Crippen molar-refractivity contribution in [3.63, 3.8) is 0 Å². The summed E-state index contributed by atoms with van der Waals surface area (Å²) in [5.74, 6) is 0. The second kappa shape index (κ2) is 10.8. The first-order valence-corrected chi connectivity index (χ1v) is 12.1. The van der Waals surface area contributed by atoms with E-state index in [1.54, 1.807) is 0 Å². The standard InChI is InChI=1S/C21H25N5.2ClH.Fe/c1-14-10-11-15(2)25(14)23-18(5)20-8-7-9-21(22-20)19(6)24-26-16(3)12-13-17(26)4;;;/h7-13H,1-6H3;2*1H;/q;;;+2/p-2. The average molecular weight is 474 g/mol. The molecule has 3 aromatic rings. The monoisotopic (exact) mass is 473 g/mol. The maximum absolute atomic E-state index is 4.76. The molecule has 0 bridgehead atoms. The van der Waals surface area contributed by atoms with E-state index in [9.17, 15) is 0 Å². The van der Waals surface area contributed by atoms with Crippen LogP contribution < -0.4 is 0 Å². The Hall–Kier alpha value is -1.85. The SMILES string of the molecule is CC(=Nn1c(C)ccc1C)c1cccc(C(C)=Nn2c(C)ccc2C)n1.[Cl][Fe][Cl]. The summed E-state index contributed by atoms with van der Waals surface area (Å²) in [6.07, 6.45) is 0. The Morgan fingerprint density at radius 3 is 1.34 bits per heavy atom. The topological polar surface area (TPSA) is 47.5 Å². The van der Waals surface area contributed by atoms with Gasteiger partial charge in [-0.1, -0.05) is 6.07 Å². The maximum atomic E-state index is 4.76. The van der Waals surface area contributed by atoms with Crippen molar-refractivity contribution in [2.45, 2.75) is 41.5 Å². The Labute approximate surface area is 187 Å². The molecule has 0 aliphatic carbocycles. The molecule has 29 heavy (non-hydrogen) atoms. The fourth-order valence-electron chi connectivity index (χ4n) is 2.88. The van der Waals surface area contributed by atoms with Gasteiger partial charge in [-0.15, -0.1) is 0 Å². The second-order valence-electron chi connectivity index (χ2n) is 6.69. The van der Waals surface area contributed by atoms with E-state index < -0.39 is 0 Å². The van der Waals surface area contributed by atoms with Gasteiger partial charge in [-0.2, -0.15) is 10.2 Å². The van der Waals surface area contributed by atoms with E-state index in [-0.39, 0.29) is 13.1 Å². The van der Waals surface area contributed by atoms with Gasteiger partial charge in [-0.05, 0) is 77.9 Å². The normalized spacial score (nSPS) is 12.1. The third-order valence-electron chi connectivity index (χ3n) is 4.46. The van der Waals surface area contributed by atoms with E-state index >= 15 is 0 Å². The Kier molecular flexibility index (Phi) is 8.72. The van der Waals surface area contributed by atoms with Gasteiger partial charge in [0.1, 0.15) is 0 Å². The van der Waals surface area contributed by atoms with Crippen molar-refractivity contribution >= 4 is 31.6 Å². The first-order chi connectivity index (χ1) is 13.8. The zero-order chi connectivity index (χ0) is 21.6. The average Bonchev–Trinajstić information content (AvgIpc) is 3.18. The molecule has 8 heteroatoms. The number of aromatic nitrogens is 3. The number of hydrogen-bond acceptors (Lipinski definition) is 3. The van der Waals surface area contributed by atoms with Crippen molar-refractivity contribution in [3.8, 4) is 0 Å². The van der Waals surface area contributed by atoms with Crippen LogP contribution in [0, 0.1) is 27.7 Å². The molecule has 0 unspecified atom stereocenters. The molecule has 0 saturated carbocycles. The van der Waals surface area contributed by atoms with Gasteiger partial charge in [0.2, 0.25) is 0 Å². The first kappa shape index (κ1) is 23.4. The zero-order valence-corrected chi connectivity index (χ0v) is 20.0. The van der Waals surface area contributed by atoms with Gasteiger partial charge in [-0.25, -0.2) is 14.3 Å². The van der Waals surface area contributed by atoms with Gasteiger partial charge in [0, 0.05) is 22.8 Å². The number of halogens is 2. The van der Waals surface area contributed by atoms with Crippen LogP contribution in [0.25, 0.3) is 0 Å². The summed E-state index contributed by atoms with van der Waals surface area (Å²) >= 11 is 0.194. The molecule has 0 spiro atoms. The van der Waals surface area contributed by atoms with E-state index in [0.29, 0.717) is 0 Å².